The van der Waals surface area contributed by atoms with Gasteiger partial charge < -0.3 is 10.1 Å². The lowest BCUT2D eigenvalue weighted by Gasteiger charge is -2.35. The number of benzene rings is 1. The SMILES string of the molecule is COC1CC(Nc2c(F)cccc2[N+](=O)[O-])C1. The first-order valence-electron chi connectivity index (χ1n) is 5.34. The molecule has 0 saturated heterocycles. The number of para-hydroxylation sites is 1. The van der Waals surface area contributed by atoms with Gasteiger partial charge in [-0.2, -0.15) is 0 Å². The van der Waals surface area contributed by atoms with Gasteiger partial charge in [0, 0.05) is 19.2 Å². The van der Waals surface area contributed by atoms with Crippen LogP contribution in [-0.4, -0.2) is 24.2 Å². The van der Waals surface area contributed by atoms with Gasteiger partial charge in [0.15, 0.2) is 5.82 Å². The number of anilines is 1. The van der Waals surface area contributed by atoms with E-state index in [4.69, 9.17) is 4.74 Å². The van der Waals surface area contributed by atoms with Gasteiger partial charge in [-0.3, -0.25) is 10.1 Å². The molecule has 92 valence electrons. The summed E-state index contributed by atoms with van der Waals surface area (Å²) in [5.41, 5.74) is -0.261. The largest absolute Gasteiger partial charge is 0.381 e. The van der Waals surface area contributed by atoms with Crippen molar-refractivity contribution in [2.45, 2.75) is 25.0 Å². The molecule has 0 unspecified atom stereocenters. The highest BCUT2D eigenvalue weighted by Crippen LogP contribution is 2.32. The van der Waals surface area contributed by atoms with E-state index >= 15 is 0 Å². The Balaban J connectivity index is 2.12. The number of methoxy groups -OCH3 is 1. The normalized spacial score (nSPS) is 22.9. The zero-order chi connectivity index (χ0) is 12.4. The number of rotatable bonds is 4. The lowest BCUT2D eigenvalue weighted by molar-refractivity contribution is -0.384. The number of nitrogens with one attached hydrogen (secondary N) is 1. The Labute approximate surface area is 97.7 Å². The van der Waals surface area contributed by atoms with E-state index in [1.165, 1.54) is 18.2 Å². The first-order chi connectivity index (χ1) is 8.11. The molecule has 0 aromatic heterocycles. The summed E-state index contributed by atoms with van der Waals surface area (Å²) in [5.74, 6) is -0.597. The van der Waals surface area contributed by atoms with Gasteiger partial charge in [-0.1, -0.05) is 6.07 Å². The van der Waals surface area contributed by atoms with E-state index < -0.39 is 10.7 Å². The van der Waals surface area contributed by atoms with Gasteiger partial charge >= 0.3 is 0 Å². The average Bonchev–Trinajstić information content (AvgIpc) is 2.24. The van der Waals surface area contributed by atoms with E-state index in [0.717, 1.165) is 12.8 Å². The summed E-state index contributed by atoms with van der Waals surface area (Å²) in [4.78, 5) is 10.2. The van der Waals surface area contributed by atoms with Crippen LogP contribution in [0.15, 0.2) is 18.2 Å². The second kappa shape index (κ2) is 4.67. The second-order valence-corrected chi connectivity index (χ2v) is 4.06. The van der Waals surface area contributed by atoms with Gasteiger partial charge in [0.2, 0.25) is 0 Å². The number of nitrogens with zero attached hydrogens (tertiary/aromatic N) is 1. The summed E-state index contributed by atoms with van der Waals surface area (Å²) in [6.07, 6.45) is 1.64. The van der Waals surface area contributed by atoms with Gasteiger partial charge in [-0.05, 0) is 18.9 Å². The molecular weight excluding hydrogens is 227 g/mol. The molecule has 1 aliphatic carbocycles. The molecule has 1 aliphatic rings. The third kappa shape index (κ3) is 2.36. The van der Waals surface area contributed by atoms with E-state index in [0.29, 0.717) is 0 Å². The van der Waals surface area contributed by atoms with Crippen molar-refractivity contribution in [3.8, 4) is 0 Å². The lowest BCUT2D eigenvalue weighted by Crippen LogP contribution is -2.40. The van der Waals surface area contributed by atoms with Crippen molar-refractivity contribution in [1.29, 1.82) is 0 Å². The highest BCUT2D eigenvalue weighted by molar-refractivity contribution is 5.62. The Kier molecular flexibility index (Phi) is 3.23. The van der Waals surface area contributed by atoms with Crippen LogP contribution >= 0.6 is 0 Å². The van der Waals surface area contributed by atoms with Crippen LogP contribution in [0.4, 0.5) is 15.8 Å². The van der Waals surface area contributed by atoms with Gasteiger partial charge in [0.05, 0.1) is 11.0 Å². The topological polar surface area (TPSA) is 64.4 Å². The van der Waals surface area contributed by atoms with Gasteiger partial charge in [0.25, 0.3) is 5.69 Å². The monoisotopic (exact) mass is 240 g/mol. The number of halogens is 1. The molecule has 1 aromatic carbocycles. The molecule has 17 heavy (non-hydrogen) atoms. The maximum Gasteiger partial charge on any atom is 0.295 e. The van der Waals surface area contributed by atoms with Crippen LogP contribution in [0.2, 0.25) is 0 Å². The number of hydrogen-bond acceptors (Lipinski definition) is 4. The summed E-state index contributed by atoms with van der Waals surface area (Å²) in [6.45, 7) is 0. The Hall–Kier alpha value is -1.69. The fourth-order valence-corrected chi connectivity index (χ4v) is 1.89. The summed E-state index contributed by atoms with van der Waals surface area (Å²) in [7, 11) is 1.62. The Bertz CT molecular complexity index is 433. The van der Waals surface area contributed by atoms with Crippen LogP contribution in [0.25, 0.3) is 0 Å². The molecule has 1 fully saturated rings. The van der Waals surface area contributed by atoms with E-state index in [-0.39, 0.29) is 23.5 Å². The molecule has 6 heteroatoms. The van der Waals surface area contributed by atoms with E-state index in [9.17, 15) is 14.5 Å². The van der Waals surface area contributed by atoms with Gasteiger partial charge in [-0.15, -0.1) is 0 Å². The first kappa shape index (κ1) is 11.8. The van der Waals surface area contributed by atoms with Crippen LogP contribution in [0.3, 0.4) is 0 Å². The van der Waals surface area contributed by atoms with Crippen LogP contribution < -0.4 is 5.32 Å². The van der Waals surface area contributed by atoms with E-state index in [1.54, 1.807) is 7.11 Å². The van der Waals surface area contributed by atoms with Crippen molar-refractivity contribution in [2.24, 2.45) is 0 Å². The van der Waals surface area contributed by atoms with Crippen molar-refractivity contribution in [2.75, 3.05) is 12.4 Å². The maximum atomic E-state index is 13.5. The molecule has 0 heterocycles. The van der Waals surface area contributed by atoms with Crippen LogP contribution in [0, 0.1) is 15.9 Å². The van der Waals surface area contributed by atoms with Crippen LogP contribution in [0.5, 0.6) is 0 Å². The maximum absolute atomic E-state index is 13.5. The molecule has 5 nitrogen and oxygen atoms in total. The summed E-state index contributed by atoms with van der Waals surface area (Å²) in [6, 6.07) is 3.87. The zero-order valence-electron chi connectivity index (χ0n) is 9.35. The highest BCUT2D eigenvalue weighted by Gasteiger charge is 2.31. The van der Waals surface area contributed by atoms with Crippen molar-refractivity contribution in [3.63, 3.8) is 0 Å². The molecule has 0 bridgehead atoms. The fraction of sp³-hybridized carbons (Fsp3) is 0.455. The molecular formula is C11H13FN2O3. The minimum Gasteiger partial charge on any atom is -0.381 e. The molecule has 0 atom stereocenters. The number of hydrogen-bond donors (Lipinski definition) is 1. The van der Waals surface area contributed by atoms with Crippen molar-refractivity contribution in [1.82, 2.24) is 0 Å². The molecule has 0 amide bonds. The first-order valence-corrected chi connectivity index (χ1v) is 5.34. The molecule has 1 N–H and O–H groups in total. The molecule has 2 rings (SSSR count). The Morgan fingerprint density at radius 2 is 2.24 bits per heavy atom. The third-order valence-corrected chi connectivity index (χ3v) is 2.96. The predicted molar refractivity (Wildman–Crippen MR) is 60.5 cm³/mol. The molecule has 0 spiro atoms. The zero-order valence-corrected chi connectivity index (χ0v) is 9.35. The lowest BCUT2D eigenvalue weighted by atomic mass is 9.89. The molecule has 0 aliphatic heterocycles. The quantitative estimate of drug-likeness (QED) is 0.648. The average molecular weight is 240 g/mol. The van der Waals surface area contributed by atoms with Crippen molar-refractivity contribution < 1.29 is 14.1 Å². The summed E-state index contributed by atoms with van der Waals surface area (Å²) in [5, 5.41) is 13.6. The van der Waals surface area contributed by atoms with Crippen LogP contribution in [-0.2, 0) is 4.74 Å². The Morgan fingerprint density at radius 1 is 1.53 bits per heavy atom. The minimum absolute atomic E-state index is 0.0305. The van der Waals surface area contributed by atoms with E-state index in [2.05, 4.69) is 5.32 Å². The van der Waals surface area contributed by atoms with E-state index in [1.807, 2.05) is 0 Å². The standard InChI is InChI=1S/C11H13FN2O3/c1-17-8-5-7(6-8)13-11-9(12)3-2-4-10(11)14(15)16/h2-4,7-8,13H,5-6H2,1H3. The van der Waals surface area contributed by atoms with Crippen LogP contribution in [0.1, 0.15) is 12.8 Å². The number of ether oxygens (including phenoxy) is 1. The number of nitro benzene ring substituents is 1. The van der Waals surface area contributed by atoms with Crippen molar-refractivity contribution >= 4 is 11.4 Å². The van der Waals surface area contributed by atoms with Crippen molar-refractivity contribution in [3.05, 3.63) is 34.1 Å². The summed E-state index contributed by atoms with van der Waals surface area (Å²) < 4.78 is 18.6. The van der Waals surface area contributed by atoms with Gasteiger partial charge in [-0.25, -0.2) is 4.39 Å². The minimum atomic E-state index is -0.597. The highest BCUT2D eigenvalue weighted by atomic mass is 19.1. The fourth-order valence-electron chi connectivity index (χ4n) is 1.89. The second-order valence-electron chi connectivity index (χ2n) is 4.06. The molecule has 1 aromatic rings. The Morgan fingerprint density at radius 3 is 2.82 bits per heavy atom. The molecule has 0 radical (unpaired) electrons. The number of nitro groups is 1. The summed E-state index contributed by atoms with van der Waals surface area (Å²) >= 11 is 0. The smallest absolute Gasteiger partial charge is 0.295 e. The molecule has 1 saturated carbocycles. The van der Waals surface area contributed by atoms with Gasteiger partial charge in [0.1, 0.15) is 5.69 Å². The predicted octanol–water partition coefficient (Wildman–Crippen LogP) is 2.32. The third-order valence-electron chi connectivity index (χ3n) is 2.96.